The van der Waals surface area contributed by atoms with Gasteiger partial charge in [0.1, 0.15) is 0 Å². The van der Waals surface area contributed by atoms with Crippen LogP contribution in [0.15, 0.2) is 30.3 Å². The zero-order chi connectivity index (χ0) is 15.9. The number of nitrogens with two attached hydrogens (primary N) is 1. The van der Waals surface area contributed by atoms with Crippen LogP contribution in [0.1, 0.15) is 36.5 Å². The summed E-state index contributed by atoms with van der Waals surface area (Å²) in [5, 5.41) is 0. The van der Waals surface area contributed by atoms with Crippen LogP contribution in [0.3, 0.4) is 0 Å². The molecule has 1 aliphatic heterocycles. The highest BCUT2D eigenvalue weighted by Crippen LogP contribution is 2.10. The average molecular weight is 303 g/mol. The Morgan fingerprint density at radius 2 is 1.73 bits per heavy atom. The van der Waals surface area contributed by atoms with Crippen molar-refractivity contribution in [3.63, 3.8) is 0 Å². The van der Waals surface area contributed by atoms with Crippen molar-refractivity contribution in [1.82, 2.24) is 9.80 Å². The van der Waals surface area contributed by atoms with Gasteiger partial charge in [0.25, 0.3) is 5.91 Å². The predicted octanol–water partition coefficient (Wildman–Crippen LogP) is 1.49. The Labute approximate surface area is 132 Å². The van der Waals surface area contributed by atoms with Crippen LogP contribution in [-0.4, -0.2) is 53.8 Å². The molecule has 2 N–H and O–H groups in total. The summed E-state index contributed by atoms with van der Waals surface area (Å²) >= 11 is 0. The number of benzene rings is 1. The smallest absolute Gasteiger partial charge is 0.253 e. The normalized spacial score (nSPS) is 17.0. The number of nitrogens with zero attached hydrogens (tertiary/aromatic N) is 2. The third-order valence-electron chi connectivity index (χ3n) is 3.97. The van der Waals surface area contributed by atoms with Gasteiger partial charge >= 0.3 is 0 Å². The second kappa shape index (κ2) is 7.94. The van der Waals surface area contributed by atoms with Crippen LogP contribution in [0.2, 0.25) is 0 Å². The molecule has 22 heavy (non-hydrogen) atoms. The van der Waals surface area contributed by atoms with Gasteiger partial charge in [-0.05, 0) is 31.9 Å². The fourth-order valence-electron chi connectivity index (χ4n) is 2.64. The Balaban J connectivity index is 1.89. The second-order valence-electron chi connectivity index (χ2n) is 5.91. The molecule has 1 atom stereocenters. The number of amides is 2. The van der Waals surface area contributed by atoms with Gasteiger partial charge in [0.2, 0.25) is 5.91 Å². The summed E-state index contributed by atoms with van der Waals surface area (Å²) in [7, 11) is 0. The molecule has 2 rings (SSSR count). The Hall–Kier alpha value is -1.88. The molecule has 0 aliphatic carbocycles. The van der Waals surface area contributed by atoms with Gasteiger partial charge in [0, 0.05) is 44.2 Å². The fraction of sp³-hybridized carbons (Fsp3) is 0.529. The molecule has 1 fully saturated rings. The summed E-state index contributed by atoms with van der Waals surface area (Å²) < 4.78 is 0. The van der Waals surface area contributed by atoms with Gasteiger partial charge in [-0.3, -0.25) is 9.59 Å². The van der Waals surface area contributed by atoms with E-state index in [0.29, 0.717) is 38.0 Å². The van der Waals surface area contributed by atoms with E-state index in [1.165, 1.54) is 0 Å². The van der Waals surface area contributed by atoms with Gasteiger partial charge in [0.15, 0.2) is 0 Å². The lowest BCUT2D eigenvalue weighted by Crippen LogP contribution is -2.37. The van der Waals surface area contributed by atoms with Crippen LogP contribution in [0.25, 0.3) is 0 Å². The van der Waals surface area contributed by atoms with E-state index in [-0.39, 0.29) is 17.9 Å². The Morgan fingerprint density at radius 3 is 2.41 bits per heavy atom. The average Bonchev–Trinajstić information content (AvgIpc) is 2.78. The van der Waals surface area contributed by atoms with E-state index in [4.69, 9.17) is 5.73 Å². The highest BCUT2D eigenvalue weighted by Gasteiger charge is 2.22. The molecule has 1 aromatic rings. The van der Waals surface area contributed by atoms with E-state index in [2.05, 4.69) is 0 Å². The Morgan fingerprint density at radius 1 is 1.09 bits per heavy atom. The molecule has 0 radical (unpaired) electrons. The van der Waals surface area contributed by atoms with Gasteiger partial charge in [-0.25, -0.2) is 0 Å². The van der Waals surface area contributed by atoms with E-state index in [1.807, 2.05) is 47.1 Å². The number of hydrogen-bond donors (Lipinski definition) is 1. The summed E-state index contributed by atoms with van der Waals surface area (Å²) in [5.74, 6) is 0.191. The Kier molecular flexibility index (Phi) is 5.95. The molecule has 1 aromatic carbocycles. The predicted molar refractivity (Wildman–Crippen MR) is 86.4 cm³/mol. The minimum Gasteiger partial charge on any atom is -0.341 e. The van der Waals surface area contributed by atoms with Crippen LogP contribution in [0.4, 0.5) is 0 Å². The highest BCUT2D eigenvalue weighted by atomic mass is 16.2. The summed E-state index contributed by atoms with van der Waals surface area (Å²) in [5.41, 5.74) is 6.41. The van der Waals surface area contributed by atoms with Gasteiger partial charge in [0.05, 0.1) is 0 Å². The molecule has 0 spiro atoms. The van der Waals surface area contributed by atoms with Gasteiger partial charge in [-0.15, -0.1) is 0 Å². The molecule has 2 amide bonds. The number of rotatable bonds is 4. The number of carbonyl (C=O) groups is 2. The minimum absolute atomic E-state index is 0.0467. The maximum Gasteiger partial charge on any atom is 0.253 e. The van der Waals surface area contributed by atoms with E-state index in [9.17, 15) is 9.59 Å². The van der Waals surface area contributed by atoms with Crippen molar-refractivity contribution in [3.8, 4) is 0 Å². The zero-order valence-electron chi connectivity index (χ0n) is 13.2. The maximum absolute atomic E-state index is 12.5. The summed E-state index contributed by atoms with van der Waals surface area (Å²) in [6, 6.07) is 9.35. The first-order chi connectivity index (χ1) is 10.6. The van der Waals surface area contributed by atoms with Gasteiger partial charge in [-0.2, -0.15) is 0 Å². The summed E-state index contributed by atoms with van der Waals surface area (Å²) in [6.45, 7) is 4.53. The van der Waals surface area contributed by atoms with Crippen molar-refractivity contribution in [2.24, 2.45) is 5.73 Å². The van der Waals surface area contributed by atoms with Crippen LogP contribution in [0.5, 0.6) is 0 Å². The third-order valence-corrected chi connectivity index (χ3v) is 3.97. The first kappa shape index (κ1) is 16.5. The molecule has 1 aliphatic rings. The van der Waals surface area contributed by atoms with Crippen molar-refractivity contribution in [2.75, 3.05) is 26.2 Å². The Bertz CT molecular complexity index is 502. The first-order valence-electron chi connectivity index (χ1n) is 7.95. The lowest BCUT2D eigenvalue weighted by Gasteiger charge is -2.22. The number of hydrogen-bond acceptors (Lipinski definition) is 3. The van der Waals surface area contributed by atoms with Crippen LogP contribution >= 0.6 is 0 Å². The quantitative estimate of drug-likeness (QED) is 0.916. The third kappa shape index (κ3) is 4.56. The summed E-state index contributed by atoms with van der Waals surface area (Å²) in [6.07, 6.45) is 2.02. The van der Waals surface area contributed by atoms with Gasteiger partial charge in [-0.1, -0.05) is 18.2 Å². The topological polar surface area (TPSA) is 66.6 Å². The molecule has 0 saturated carbocycles. The van der Waals surface area contributed by atoms with E-state index >= 15 is 0 Å². The van der Waals surface area contributed by atoms with Crippen molar-refractivity contribution >= 4 is 11.8 Å². The lowest BCUT2D eigenvalue weighted by molar-refractivity contribution is -0.131. The highest BCUT2D eigenvalue weighted by molar-refractivity contribution is 5.94. The first-order valence-corrected chi connectivity index (χ1v) is 7.95. The SMILES string of the molecule is CC(N)CCC(=O)N1CCCN(C(=O)c2ccccc2)CC1. The molecule has 5 heteroatoms. The van der Waals surface area contributed by atoms with E-state index in [0.717, 1.165) is 13.0 Å². The standard InChI is InChI=1S/C17H25N3O2/c1-14(18)8-9-16(21)19-10-5-11-20(13-12-19)17(22)15-6-3-2-4-7-15/h2-4,6-7,14H,5,8-13,18H2,1H3. The molecule has 1 saturated heterocycles. The van der Waals surface area contributed by atoms with E-state index in [1.54, 1.807) is 0 Å². The molecule has 5 nitrogen and oxygen atoms in total. The minimum atomic E-state index is 0.0467. The zero-order valence-corrected chi connectivity index (χ0v) is 13.2. The number of carbonyl (C=O) groups excluding carboxylic acids is 2. The molecule has 120 valence electrons. The molecule has 1 heterocycles. The van der Waals surface area contributed by atoms with Gasteiger partial charge < -0.3 is 15.5 Å². The molecule has 1 unspecified atom stereocenters. The second-order valence-corrected chi connectivity index (χ2v) is 5.91. The van der Waals surface area contributed by atoms with Crippen molar-refractivity contribution in [3.05, 3.63) is 35.9 Å². The van der Waals surface area contributed by atoms with Crippen molar-refractivity contribution < 1.29 is 9.59 Å². The largest absolute Gasteiger partial charge is 0.341 e. The van der Waals surface area contributed by atoms with Crippen LogP contribution in [-0.2, 0) is 4.79 Å². The fourth-order valence-corrected chi connectivity index (χ4v) is 2.64. The van der Waals surface area contributed by atoms with Crippen LogP contribution in [0, 0.1) is 0 Å². The maximum atomic E-state index is 12.5. The molecule has 0 aromatic heterocycles. The lowest BCUT2D eigenvalue weighted by atomic mass is 10.2. The van der Waals surface area contributed by atoms with Crippen molar-refractivity contribution in [1.29, 1.82) is 0 Å². The monoisotopic (exact) mass is 303 g/mol. The molecule has 0 bridgehead atoms. The summed E-state index contributed by atoms with van der Waals surface area (Å²) in [4.78, 5) is 28.3. The molecular weight excluding hydrogens is 278 g/mol. The molecular formula is C17H25N3O2. The van der Waals surface area contributed by atoms with Crippen LogP contribution < -0.4 is 5.73 Å². The van der Waals surface area contributed by atoms with E-state index < -0.39 is 0 Å². The van der Waals surface area contributed by atoms with Crippen molar-refractivity contribution in [2.45, 2.75) is 32.2 Å².